The van der Waals surface area contributed by atoms with E-state index in [1.807, 2.05) is 6.92 Å². The summed E-state index contributed by atoms with van der Waals surface area (Å²) in [5, 5.41) is 25.0. The van der Waals surface area contributed by atoms with Crippen LogP contribution in [-0.4, -0.2) is 42.6 Å². The van der Waals surface area contributed by atoms with E-state index in [-0.39, 0.29) is 36.0 Å². The molecule has 0 fully saturated rings. The molecule has 0 saturated carbocycles. The van der Waals surface area contributed by atoms with Crippen molar-refractivity contribution >= 4 is 40.8 Å². The summed E-state index contributed by atoms with van der Waals surface area (Å²) in [6.07, 6.45) is 0. The quantitative estimate of drug-likeness (QED) is 0.581. The van der Waals surface area contributed by atoms with Gasteiger partial charge in [0, 0.05) is 5.69 Å². The van der Waals surface area contributed by atoms with Gasteiger partial charge in [0.05, 0.1) is 36.3 Å². The average molecular weight is 514 g/mol. The maximum atomic E-state index is 14.3. The second-order valence-electron chi connectivity index (χ2n) is 8.73. The number of para-hydroxylation sites is 1. The van der Waals surface area contributed by atoms with E-state index in [0.717, 1.165) is 10.6 Å². The zero-order chi connectivity index (χ0) is 27.6. The van der Waals surface area contributed by atoms with Crippen LogP contribution in [0.5, 0.6) is 0 Å². The highest BCUT2D eigenvalue weighted by Crippen LogP contribution is 2.51. The number of hydrogen-bond donors (Lipinski definition) is 1. The highest BCUT2D eigenvalue weighted by molar-refractivity contribution is 6.31. The summed E-state index contributed by atoms with van der Waals surface area (Å²) in [7, 11) is 0. The molecule has 2 heterocycles. The number of amidine groups is 1. The maximum Gasteiger partial charge on any atom is 0.355 e. The van der Waals surface area contributed by atoms with Gasteiger partial charge in [0.15, 0.2) is 0 Å². The van der Waals surface area contributed by atoms with Gasteiger partial charge in [-0.1, -0.05) is 35.9 Å². The number of hydrogen-bond acceptors (Lipinski definition) is 8. The number of anilines is 2. The van der Waals surface area contributed by atoms with Gasteiger partial charge in [0.1, 0.15) is 22.9 Å². The number of esters is 2. The average Bonchev–Trinajstić information content (AvgIpc) is 3.16. The van der Waals surface area contributed by atoms with Crippen LogP contribution < -0.4 is 9.91 Å². The summed E-state index contributed by atoms with van der Waals surface area (Å²) in [5.41, 5.74) is -1.08. The number of nitrogens with zero attached hydrogens (tertiary/aromatic N) is 4. The molecule has 2 atom stereocenters. The Labute approximate surface area is 220 Å². The predicted molar refractivity (Wildman–Crippen MR) is 140 cm³/mol. The summed E-state index contributed by atoms with van der Waals surface area (Å²) in [6.45, 7) is 6.49. The molecule has 0 saturated heterocycles. The summed E-state index contributed by atoms with van der Waals surface area (Å²) in [4.78, 5) is 42.7. The summed E-state index contributed by atoms with van der Waals surface area (Å²) in [6, 6.07) is 17.4. The molecule has 2 aromatic rings. The number of hydrazone groups is 1. The van der Waals surface area contributed by atoms with Crippen LogP contribution in [0.25, 0.3) is 0 Å². The molecule has 10 heteroatoms. The van der Waals surface area contributed by atoms with E-state index in [1.54, 1.807) is 68.4 Å². The molecule has 0 aromatic heterocycles. The minimum atomic E-state index is -2.09. The Hall–Kier alpha value is -4.78. The third-order valence-electron chi connectivity index (χ3n) is 6.52. The number of amides is 1. The fraction of sp³-hybridized carbons (Fsp3) is 0.286. The Balaban J connectivity index is 2.10. The van der Waals surface area contributed by atoms with Crippen LogP contribution in [0.15, 0.2) is 71.0 Å². The fourth-order valence-corrected chi connectivity index (χ4v) is 4.83. The van der Waals surface area contributed by atoms with Crippen molar-refractivity contribution in [3.63, 3.8) is 0 Å². The standard InChI is InChI=1S/C28H27N5O5/c1-5-37-25(34)22-23(26(35)38-6-2)32(19-14-12-17(3)13-15-19)24(30)21(16-29)28(22)18(4)31-33(27(28)36)20-10-8-7-9-11-20/h7-15,21,30H,5-6H2,1-4H3. The molecule has 0 aliphatic carbocycles. The lowest BCUT2D eigenvalue weighted by Crippen LogP contribution is -2.59. The molecule has 2 aromatic carbocycles. The van der Waals surface area contributed by atoms with Crippen LogP contribution in [0.3, 0.4) is 0 Å². The Bertz CT molecular complexity index is 1410. The molecule has 1 spiro atoms. The molecule has 38 heavy (non-hydrogen) atoms. The number of nitrogens with one attached hydrogen (secondary N) is 1. The highest BCUT2D eigenvalue weighted by Gasteiger charge is 2.66. The van der Waals surface area contributed by atoms with Crippen molar-refractivity contribution in [1.82, 2.24) is 0 Å². The van der Waals surface area contributed by atoms with E-state index < -0.39 is 29.2 Å². The Morgan fingerprint density at radius 1 is 1.00 bits per heavy atom. The molecule has 1 amide bonds. The summed E-state index contributed by atoms with van der Waals surface area (Å²) < 4.78 is 10.7. The summed E-state index contributed by atoms with van der Waals surface area (Å²) >= 11 is 0. The van der Waals surface area contributed by atoms with Gasteiger partial charge >= 0.3 is 11.9 Å². The first kappa shape index (κ1) is 26.3. The Morgan fingerprint density at radius 3 is 2.18 bits per heavy atom. The minimum absolute atomic E-state index is 0.0284. The first-order valence-electron chi connectivity index (χ1n) is 12.1. The van der Waals surface area contributed by atoms with E-state index in [2.05, 4.69) is 11.2 Å². The molecule has 0 radical (unpaired) electrons. The van der Waals surface area contributed by atoms with Gasteiger partial charge in [0.2, 0.25) is 0 Å². The van der Waals surface area contributed by atoms with Gasteiger partial charge in [-0.05, 0) is 52.0 Å². The van der Waals surface area contributed by atoms with Gasteiger partial charge in [0.25, 0.3) is 5.91 Å². The Kier molecular flexibility index (Phi) is 7.12. The van der Waals surface area contributed by atoms with Gasteiger partial charge in [-0.25, -0.2) is 9.59 Å². The second-order valence-corrected chi connectivity index (χ2v) is 8.73. The van der Waals surface area contributed by atoms with E-state index >= 15 is 0 Å². The molecule has 2 aliphatic rings. The largest absolute Gasteiger partial charge is 0.463 e. The van der Waals surface area contributed by atoms with Crippen LogP contribution in [0, 0.1) is 35.0 Å². The molecular formula is C28H27N5O5. The van der Waals surface area contributed by atoms with Gasteiger partial charge in [-0.2, -0.15) is 15.4 Å². The normalized spacial score (nSPS) is 20.9. The fourth-order valence-electron chi connectivity index (χ4n) is 4.83. The van der Waals surface area contributed by atoms with Crippen molar-refractivity contribution in [2.24, 2.45) is 16.4 Å². The molecule has 194 valence electrons. The number of aryl methyl sites for hydroxylation is 1. The third-order valence-corrected chi connectivity index (χ3v) is 6.52. The lowest BCUT2D eigenvalue weighted by Gasteiger charge is -2.43. The number of benzene rings is 2. The van der Waals surface area contributed by atoms with Crippen molar-refractivity contribution in [3.8, 4) is 6.07 Å². The molecule has 4 rings (SSSR count). The molecule has 10 nitrogen and oxygen atoms in total. The molecular weight excluding hydrogens is 486 g/mol. The van der Waals surface area contributed by atoms with Crippen LogP contribution in [0.2, 0.25) is 0 Å². The van der Waals surface area contributed by atoms with Crippen LogP contribution in [0.1, 0.15) is 26.3 Å². The second kappa shape index (κ2) is 10.3. The lowest BCUT2D eigenvalue weighted by molar-refractivity contribution is -0.144. The van der Waals surface area contributed by atoms with Crippen LogP contribution in [-0.2, 0) is 23.9 Å². The maximum absolute atomic E-state index is 14.3. The van der Waals surface area contributed by atoms with Crippen molar-refractivity contribution < 1.29 is 23.9 Å². The van der Waals surface area contributed by atoms with E-state index in [1.165, 1.54) is 11.8 Å². The van der Waals surface area contributed by atoms with E-state index in [0.29, 0.717) is 11.4 Å². The topological polar surface area (TPSA) is 136 Å². The van der Waals surface area contributed by atoms with Gasteiger partial charge in [-0.3, -0.25) is 15.1 Å². The number of rotatable bonds is 6. The van der Waals surface area contributed by atoms with Gasteiger partial charge < -0.3 is 9.47 Å². The number of carbonyl (C=O) groups is 3. The zero-order valence-electron chi connectivity index (χ0n) is 21.5. The smallest absolute Gasteiger partial charge is 0.355 e. The monoisotopic (exact) mass is 513 g/mol. The zero-order valence-corrected chi connectivity index (χ0v) is 21.5. The highest BCUT2D eigenvalue weighted by atomic mass is 16.5. The number of ether oxygens (including phenoxy) is 2. The number of carbonyl (C=O) groups excluding carboxylic acids is 3. The SMILES string of the molecule is CCOC(=O)C1=C(C(=O)OCC)C2(C(=O)N(c3ccccc3)N=C2C)C(C#N)C(=N)N1c1ccc(C)cc1. The number of nitriles is 1. The van der Waals surface area contributed by atoms with Crippen molar-refractivity contribution in [2.75, 3.05) is 23.1 Å². The molecule has 0 bridgehead atoms. The first-order chi connectivity index (χ1) is 18.2. The van der Waals surface area contributed by atoms with E-state index in [4.69, 9.17) is 14.9 Å². The third kappa shape index (κ3) is 3.93. The Morgan fingerprint density at radius 2 is 1.61 bits per heavy atom. The molecule has 2 aliphatic heterocycles. The van der Waals surface area contributed by atoms with Crippen LogP contribution >= 0.6 is 0 Å². The molecule has 2 unspecified atom stereocenters. The van der Waals surface area contributed by atoms with Crippen molar-refractivity contribution in [1.29, 1.82) is 10.7 Å². The lowest BCUT2D eigenvalue weighted by atomic mass is 9.63. The first-order valence-corrected chi connectivity index (χ1v) is 12.1. The minimum Gasteiger partial charge on any atom is -0.463 e. The van der Waals surface area contributed by atoms with Crippen molar-refractivity contribution in [2.45, 2.75) is 27.7 Å². The summed E-state index contributed by atoms with van der Waals surface area (Å²) in [5.74, 6) is -4.53. The van der Waals surface area contributed by atoms with Crippen molar-refractivity contribution in [3.05, 3.63) is 71.4 Å². The van der Waals surface area contributed by atoms with Crippen LogP contribution in [0.4, 0.5) is 11.4 Å². The predicted octanol–water partition coefficient (Wildman–Crippen LogP) is 3.72. The van der Waals surface area contributed by atoms with Gasteiger partial charge in [-0.15, -0.1) is 0 Å². The molecule has 1 N–H and O–H groups in total. The van der Waals surface area contributed by atoms with E-state index in [9.17, 15) is 19.6 Å².